The number of rotatable bonds is 66. The molecule has 748 valence electrons. The molecule has 0 aromatic rings. The molecule has 12 amide bonds. The first-order valence-corrected chi connectivity index (χ1v) is 46.1. The minimum Gasteiger partial charge on any atom is -0.394 e. The highest BCUT2D eigenvalue weighted by Gasteiger charge is 2.51. The van der Waals surface area contributed by atoms with Gasteiger partial charge in [0.25, 0.3) is 0 Å². The Bertz CT molecular complexity index is 3330. The molecule has 5 rings (SSSR count). The van der Waals surface area contributed by atoms with E-state index in [0.29, 0.717) is 129 Å². The van der Waals surface area contributed by atoms with Crippen LogP contribution in [0.15, 0.2) is 0 Å². The number of carbonyl (C=O) groups excluding carboxylic acids is 12. The zero-order valence-electron chi connectivity index (χ0n) is 75.8. The third kappa shape index (κ3) is 43.4. The lowest BCUT2D eigenvalue weighted by molar-refractivity contribution is -0.270. The standard InChI is InChI=1S/C85H150N12O33/c1-52(102)92-70-77(118)74(115)58(48-99)128-83(70)124-39-22-13-25-62(107)86-33-16-19-36-89-65(110)30-42-121-51-61-80(122-43-31-66(111)90-37-20-17-34-87-63(108)26-14-23-40-125-84-71(93-53(2)103)78(119)75(116)59(49-100)129-84)81(73(95-55(4)105)82(127-61)96-68(113)28-11-9-7-5-6-8-10-12-29-69(114)97-46-57(106)45-56(97)47-98)123-44-32-67(112)91-38-21-18-35-88-64(109)27-15-24-41-126-85-72(94-54(3)104)79(120)76(117)60(50-101)130-85/h56-61,70-85,98-101,106,115-120H,5-51H2,1-4H3,(H,86,107)(H,87,108)(H,88,109)(H,89,110)(H,90,111)(H,91,112)(H,92,102)(H,93,103)(H,94,104)(H,95,105)(H,96,113)/t56-,57+,58+,59+,60+,61+,70+,71+,72+,73+,74-,75-,76-,77+,78+,79+,80+,81+,82+,83+,84+,85+/m0/s1. The van der Waals surface area contributed by atoms with Crippen LogP contribution in [0.3, 0.4) is 0 Å². The number of β-amino-alcohol motifs (C(OH)–C–C–N with tert-alkyl or cyclic N) is 1. The molecule has 5 aliphatic heterocycles. The number of carbonyl (C=O) groups is 12. The van der Waals surface area contributed by atoms with Gasteiger partial charge in [0.05, 0.1) is 65.0 Å². The first-order chi connectivity index (χ1) is 62.4. The minimum atomic E-state index is -1.47. The molecule has 0 spiro atoms. The molecule has 5 heterocycles. The Labute approximate surface area is 759 Å². The summed E-state index contributed by atoms with van der Waals surface area (Å²) in [7, 11) is 0. The summed E-state index contributed by atoms with van der Waals surface area (Å²) in [5.41, 5.74) is 0. The van der Waals surface area contributed by atoms with E-state index in [2.05, 4.69) is 58.5 Å². The molecule has 0 aliphatic carbocycles. The Morgan fingerprint density at radius 3 is 0.977 bits per heavy atom. The van der Waals surface area contributed by atoms with Gasteiger partial charge < -0.3 is 167 Å². The number of unbranched alkanes of at least 4 members (excludes halogenated alkanes) is 13. The average Bonchev–Trinajstić information content (AvgIpc) is 0.999. The summed E-state index contributed by atoms with van der Waals surface area (Å²) < 4.78 is 59.7. The molecule has 0 aromatic heterocycles. The second kappa shape index (κ2) is 64.7. The molecule has 5 aliphatic rings. The topological polar surface area (TPSA) is 655 Å². The van der Waals surface area contributed by atoms with Crippen molar-refractivity contribution in [3.05, 3.63) is 0 Å². The number of aliphatic hydroxyl groups is 11. The number of nitrogens with zero attached hydrogens (tertiary/aromatic N) is 1. The number of ether oxygens (including phenoxy) is 10. The van der Waals surface area contributed by atoms with Gasteiger partial charge in [-0.25, -0.2) is 0 Å². The Morgan fingerprint density at radius 1 is 0.308 bits per heavy atom. The quantitative estimate of drug-likeness (QED) is 0.0253. The maximum Gasteiger partial charge on any atom is 0.222 e. The molecule has 5 fully saturated rings. The second-order valence-corrected chi connectivity index (χ2v) is 33.5. The fourth-order valence-electron chi connectivity index (χ4n) is 15.5. The molecule has 0 radical (unpaired) electrons. The SMILES string of the molecule is CC(=O)N[C@@H]1[C@@H](OCCC(=O)NCCCCNC(=O)CCCCO[C@@H]2O[C@H](CO)[C@H](O)[C@H](O)[C@H]2NC(C)=O)[C@H](OCCC(=O)NCCCCNC(=O)CCCCO[C@@H]2O[C@H](CO)[C@H](O)[C@H](O)[C@H]2NC(C)=O)[C@@H](COCCC(=O)NCCCCNC(=O)CCCCO[C@@H]2O[C@H](CO)[C@H](O)[C@H](O)[C@H]2NC(C)=O)O[C@H]1NC(=O)CCCCCCCCCCC(=O)N1C[C@H](O)C[C@H]1CO. The number of amides is 12. The summed E-state index contributed by atoms with van der Waals surface area (Å²) in [6.07, 6.45) is -8.86. The molecule has 130 heavy (non-hydrogen) atoms. The van der Waals surface area contributed by atoms with Crippen LogP contribution in [0.1, 0.15) is 214 Å². The summed E-state index contributed by atoms with van der Waals surface area (Å²) in [5, 5.41) is 141. The molecule has 0 saturated carbocycles. The summed E-state index contributed by atoms with van der Waals surface area (Å²) in [6.45, 7) is 4.10. The fraction of sp³-hybridized carbons (Fsp3) is 0.859. The number of aliphatic hydroxyl groups excluding tert-OH is 11. The van der Waals surface area contributed by atoms with Crippen LogP contribution in [-0.4, -0.2) is 385 Å². The van der Waals surface area contributed by atoms with Crippen molar-refractivity contribution < 1.29 is 161 Å². The van der Waals surface area contributed by atoms with Crippen molar-refractivity contribution in [2.24, 2.45) is 0 Å². The van der Waals surface area contributed by atoms with E-state index in [4.69, 9.17) is 47.4 Å². The summed E-state index contributed by atoms with van der Waals surface area (Å²) in [6, 6.07) is -4.85. The van der Waals surface area contributed by atoms with E-state index in [1.54, 1.807) is 4.90 Å². The van der Waals surface area contributed by atoms with Gasteiger partial charge in [-0.1, -0.05) is 38.5 Å². The van der Waals surface area contributed by atoms with Crippen LogP contribution >= 0.6 is 0 Å². The maximum absolute atomic E-state index is 14.0. The van der Waals surface area contributed by atoms with Crippen molar-refractivity contribution >= 4 is 70.9 Å². The third-order valence-electron chi connectivity index (χ3n) is 22.6. The van der Waals surface area contributed by atoms with Crippen LogP contribution in [-0.2, 0) is 105 Å². The zero-order chi connectivity index (χ0) is 95.3. The molecule has 0 unspecified atom stereocenters. The summed E-state index contributed by atoms with van der Waals surface area (Å²) in [4.78, 5) is 155. The Hall–Kier alpha value is -7.20. The first kappa shape index (κ1) is 113. The molecule has 5 saturated heterocycles. The normalized spacial score (nSPS) is 27.2. The molecule has 0 bridgehead atoms. The van der Waals surface area contributed by atoms with Crippen molar-refractivity contribution in [3.8, 4) is 0 Å². The highest BCUT2D eigenvalue weighted by Crippen LogP contribution is 2.30. The van der Waals surface area contributed by atoms with Gasteiger partial charge in [-0.3, -0.25) is 57.5 Å². The van der Waals surface area contributed by atoms with Crippen LogP contribution in [0.4, 0.5) is 0 Å². The van der Waals surface area contributed by atoms with Gasteiger partial charge in [0.2, 0.25) is 70.9 Å². The van der Waals surface area contributed by atoms with E-state index in [-0.39, 0.29) is 160 Å². The van der Waals surface area contributed by atoms with Crippen LogP contribution < -0.4 is 58.5 Å². The molecule has 45 nitrogen and oxygen atoms in total. The number of nitrogens with one attached hydrogen (secondary N) is 11. The number of hydrogen-bond donors (Lipinski definition) is 22. The lowest BCUT2D eigenvalue weighted by atomic mass is 9.94. The van der Waals surface area contributed by atoms with Crippen LogP contribution in [0.25, 0.3) is 0 Å². The van der Waals surface area contributed by atoms with E-state index >= 15 is 0 Å². The minimum absolute atomic E-state index is 0.0674. The molecule has 45 heteroatoms. The predicted octanol–water partition coefficient (Wildman–Crippen LogP) is -5.43. The number of hydrogen-bond acceptors (Lipinski definition) is 33. The Balaban J connectivity index is 1.16. The predicted molar refractivity (Wildman–Crippen MR) is 459 cm³/mol. The lowest BCUT2D eigenvalue weighted by Gasteiger charge is -2.46. The summed E-state index contributed by atoms with van der Waals surface area (Å²) >= 11 is 0. The van der Waals surface area contributed by atoms with Crippen molar-refractivity contribution in [3.63, 3.8) is 0 Å². The van der Waals surface area contributed by atoms with E-state index in [9.17, 15) is 114 Å². The van der Waals surface area contributed by atoms with Gasteiger partial charge in [0.1, 0.15) is 97.4 Å². The summed E-state index contributed by atoms with van der Waals surface area (Å²) in [5.74, 6) is -4.42. The molecular weight excluding hydrogens is 1720 g/mol. The van der Waals surface area contributed by atoms with Gasteiger partial charge in [-0.15, -0.1) is 0 Å². The van der Waals surface area contributed by atoms with Gasteiger partial charge in [-0.2, -0.15) is 0 Å². The number of likely N-dealkylation sites (tertiary alicyclic amines) is 1. The molecule has 0 aromatic carbocycles. The van der Waals surface area contributed by atoms with Crippen molar-refractivity contribution in [1.29, 1.82) is 0 Å². The van der Waals surface area contributed by atoms with Gasteiger partial charge in [0, 0.05) is 145 Å². The molecule has 22 atom stereocenters. The first-order valence-electron chi connectivity index (χ1n) is 46.1. The van der Waals surface area contributed by atoms with Crippen LogP contribution in [0.5, 0.6) is 0 Å². The molecule has 22 N–H and O–H groups in total. The molecular formula is C85H150N12O33. The van der Waals surface area contributed by atoms with E-state index < -0.39 is 190 Å². The van der Waals surface area contributed by atoms with E-state index in [1.807, 2.05) is 0 Å². The largest absolute Gasteiger partial charge is 0.394 e. The van der Waals surface area contributed by atoms with Crippen molar-refractivity contribution in [2.45, 2.75) is 349 Å². The second-order valence-electron chi connectivity index (χ2n) is 33.5. The smallest absolute Gasteiger partial charge is 0.222 e. The maximum atomic E-state index is 14.0. The highest BCUT2D eigenvalue weighted by atomic mass is 16.7. The van der Waals surface area contributed by atoms with Crippen LogP contribution in [0, 0.1) is 0 Å². The fourth-order valence-corrected chi connectivity index (χ4v) is 15.5. The van der Waals surface area contributed by atoms with Gasteiger partial charge in [0.15, 0.2) is 25.1 Å². The van der Waals surface area contributed by atoms with Gasteiger partial charge in [-0.05, 0) is 96.3 Å². The van der Waals surface area contributed by atoms with Crippen LogP contribution in [0.2, 0.25) is 0 Å². The highest BCUT2D eigenvalue weighted by molar-refractivity contribution is 5.80. The van der Waals surface area contributed by atoms with Crippen molar-refractivity contribution in [2.75, 3.05) is 118 Å². The Kier molecular flexibility index (Phi) is 56.4. The average molecular weight is 1870 g/mol. The van der Waals surface area contributed by atoms with Crippen molar-refractivity contribution in [1.82, 2.24) is 63.4 Å². The van der Waals surface area contributed by atoms with Gasteiger partial charge >= 0.3 is 0 Å². The van der Waals surface area contributed by atoms with E-state index in [1.165, 1.54) is 27.7 Å². The Morgan fingerprint density at radius 2 is 0.623 bits per heavy atom. The zero-order valence-corrected chi connectivity index (χ0v) is 75.8. The monoisotopic (exact) mass is 1870 g/mol. The lowest BCUT2D eigenvalue weighted by Crippen LogP contribution is -2.69. The third-order valence-corrected chi connectivity index (χ3v) is 22.6. The van der Waals surface area contributed by atoms with E-state index in [0.717, 1.165) is 32.1 Å².